The highest BCUT2D eigenvalue weighted by molar-refractivity contribution is 6.59. The fourth-order valence-electron chi connectivity index (χ4n) is 0.961. The standard InChI is InChI=1S/C4H16O4Si4/c1-2-3-4-12-7-10-5-9-6-11-8-12/h12H,2-4,9-11H2,1H3. The van der Waals surface area contributed by atoms with Crippen LogP contribution < -0.4 is 0 Å². The normalized spacial score (nSPS) is 32.2. The van der Waals surface area contributed by atoms with Gasteiger partial charge in [-0.1, -0.05) is 19.8 Å². The third kappa shape index (κ3) is 4.66. The second-order valence-corrected chi connectivity index (χ2v) is 10.7. The van der Waals surface area contributed by atoms with Crippen LogP contribution in [0.15, 0.2) is 0 Å². The van der Waals surface area contributed by atoms with E-state index < -0.39 is 39.3 Å². The van der Waals surface area contributed by atoms with Crippen LogP contribution >= 0.6 is 0 Å². The smallest absolute Gasteiger partial charge is 0.303 e. The van der Waals surface area contributed by atoms with E-state index in [0.29, 0.717) is 0 Å². The van der Waals surface area contributed by atoms with Crippen LogP contribution in [0.25, 0.3) is 0 Å². The van der Waals surface area contributed by atoms with Crippen molar-refractivity contribution >= 4 is 39.3 Å². The third-order valence-electron chi connectivity index (χ3n) is 1.63. The highest BCUT2D eigenvalue weighted by Gasteiger charge is 2.14. The van der Waals surface area contributed by atoms with Crippen LogP contribution in [-0.2, 0) is 16.5 Å². The lowest BCUT2D eigenvalue weighted by Crippen LogP contribution is -2.33. The first-order valence-electron chi connectivity index (χ1n) is 4.32. The lowest BCUT2D eigenvalue weighted by atomic mass is 10.4. The molecule has 0 saturated carbocycles. The molecular formula is C4H16O4Si4. The first-order valence-corrected chi connectivity index (χ1v) is 9.54. The summed E-state index contributed by atoms with van der Waals surface area (Å²) in [4.78, 5) is 0. The maximum atomic E-state index is 5.61. The van der Waals surface area contributed by atoms with E-state index in [1.807, 2.05) is 0 Å². The molecule has 8 heteroatoms. The number of hydrogen-bond acceptors (Lipinski definition) is 4. The van der Waals surface area contributed by atoms with Gasteiger partial charge in [0.05, 0.1) is 0 Å². The van der Waals surface area contributed by atoms with Gasteiger partial charge in [-0.2, -0.15) is 0 Å². The zero-order valence-electron chi connectivity index (χ0n) is 7.45. The molecule has 12 heavy (non-hydrogen) atoms. The lowest BCUT2D eigenvalue weighted by molar-refractivity contribution is 0.327. The minimum absolute atomic E-state index is 0.695. The van der Waals surface area contributed by atoms with E-state index in [1.54, 1.807) is 0 Å². The van der Waals surface area contributed by atoms with Crippen molar-refractivity contribution in [2.45, 2.75) is 25.8 Å². The fraction of sp³-hybridized carbons (Fsp3) is 1.00. The Labute approximate surface area is 82.0 Å². The molecule has 1 fully saturated rings. The quantitative estimate of drug-likeness (QED) is 0.539. The Morgan fingerprint density at radius 3 is 2.33 bits per heavy atom. The van der Waals surface area contributed by atoms with Gasteiger partial charge >= 0.3 is 9.28 Å². The van der Waals surface area contributed by atoms with Crippen LogP contribution in [0.3, 0.4) is 0 Å². The average Bonchev–Trinajstić information content (AvgIpc) is 2.02. The molecule has 0 aromatic rings. The molecule has 72 valence electrons. The van der Waals surface area contributed by atoms with E-state index in [1.165, 1.54) is 12.8 Å². The lowest BCUT2D eigenvalue weighted by Gasteiger charge is -2.20. The largest absolute Gasteiger partial charge is 0.425 e. The van der Waals surface area contributed by atoms with Gasteiger partial charge in [0.2, 0.25) is 0 Å². The van der Waals surface area contributed by atoms with Crippen LogP contribution in [0.1, 0.15) is 19.8 Å². The summed E-state index contributed by atoms with van der Waals surface area (Å²) >= 11 is 0. The van der Waals surface area contributed by atoms with E-state index in [4.69, 9.17) is 16.5 Å². The molecule has 0 aromatic carbocycles. The molecule has 0 radical (unpaired) electrons. The third-order valence-corrected chi connectivity index (χ3v) is 9.24. The molecule has 4 nitrogen and oxygen atoms in total. The molecule has 1 heterocycles. The molecule has 0 atom stereocenters. The Hall–Kier alpha value is 0.708. The van der Waals surface area contributed by atoms with Crippen molar-refractivity contribution in [3.05, 3.63) is 0 Å². The summed E-state index contributed by atoms with van der Waals surface area (Å²) in [6, 6.07) is 1.13. The van der Waals surface area contributed by atoms with Crippen molar-refractivity contribution in [2.24, 2.45) is 0 Å². The van der Waals surface area contributed by atoms with Gasteiger partial charge in [-0.05, 0) is 6.04 Å². The van der Waals surface area contributed by atoms with Gasteiger partial charge in [-0.15, -0.1) is 0 Å². The first kappa shape index (κ1) is 10.8. The fourth-order valence-corrected chi connectivity index (χ4v) is 10.1. The molecule has 1 saturated heterocycles. The van der Waals surface area contributed by atoms with Crippen molar-refractivity contribution in [1.29, 1.82) is 0 Å². The maximum Gasteiger partial charge on any atom is 0.303 e. The molecular weight excluding hydrogens is 224 g/mol. The number of rotatable bonds is 3. The maximum absolute atomic E-state index is 5.61. The zero-order chi connectivity index (χ0) is 8.65. The predicted octanol–water partition coefficient (Wildman–Crippen LogP) is -1.92. The van der Waals surface area contributed by atoms with Gasteiger partial charge in [0.1, 0.15) is 0 Å². The Bertz CT molecular complexity index is 104. The monoisotopic (exact) mass is 240 g/mol. The molecule has 1 aliphatic rings. The van der Waals surface area contributed by atoms with Crippen molar-refractivity contribution in [3.63, 3.8) is 0 Å². The zero-order valence-corrected chi connectivity index (χ0v) is 12.9. The second-order valence-electron chi connectivity index (χ2n) is 2.67. The van der Waals surface area contributed by atoms with Crippen molar-refractivity contribution < 1.29 is 16.5 Å². The van der Waals surface area contributed by atoms with Crippen LogP contribution in [0, 0.1) is 0 Å². The Kier molecular flexibility index (Phi) is 6.42. The summed E-state index contributed by atoms with van der Waals surface area (Å²) in [5, 5.41) is 0. The summed E-state index contributed by atoms with van der Waals surface area (Å²) < 4.78 is 21.8. The Balaban J connectivity index is 2.11. The first-order chi connectivity index (χ1) is 5.93. The van der Waals surface area contributed by atoms with Gasteiger partial charge in [0.15, 0.2) is 0 Å². The number of hydrogen-bond donors (Lipinski definition) is 0. The molecule has 0 aliphatic carbocycles. The summed E-state index contributed by atoms with van der Waals surface area (Å²) in [5.41, 5.74) is 0. The molecule has 0 N–H and O–H groups in total. The van der Waals surface area contributed by atoms with E-state index in [-0.39, 0.29) is 0 Å². The average molecular weight is 241 g/mol. The predicted molar refractivity (Wildman–Crippen MR) is 56.8 cm³/mol. The van der Waals surface area contributed by atoms with Crippen molar-refractivity contribution in [1.82, 2.24) is 0 Å². The van der Waals surface area contributed by atoms with E-state index in [2.05, 4.69) is 6.92 Å². The van der Waals surface area contributed by atoms with Crippen LogP contribution in [-0.4, -0.2) is 39.3 Å². The Morgan fingerprint density at radius 1 is 1.08 bits per heavy atom. The van der Waals surface area contributed by atoms with Gasteiger partial charge in [-0.3, -0.25) is 0 Å². The van der Waals surface area contributed by atoms with Crippen LogP contribution in [0.5, 0.6) is 0 Å². The van der Waals surface area contributed by atoms with E-state index in [9.17, 15) is 0 Å². The molecule has 0 bridgehead atoms. The molecule has 0 aromatic heterocycles. The van der Waals surface area contributed by atoms with E-state index >= 15 is 0 Å². The highest BCUT2D eigenvalue weighted by atomic mass is 28.4. The summed E-state index contributed by atoms with van der Waals surface area (Å²) in [6.07, 6.45) is 2.44. The summed E-state index contributed by atoms with van der Waals surface area (Å²) in [7, 11) is -3.47. The SMILES string of the molecule is CCCC[SiH]1O[SiH2]O[SiH2]O[SiH2]O1. The van der Waals surface area contributed by atoms with Gasteiger partial charge in [0, 0.05) is 0 Å². The topological polar surface area (TPSA) is 36.9 Å². The van der Waals surface area contributed by atoms with E-state index in [0.717, 1.165) is 6.04 Å². The van der Waals surface area contributed by atoms with Gasteiger partial charge in [-0.25, -0.2) is 0 Å². The van der Waals surface area contributed by atoms with Crippen LogP contribution in [0.2, 0.25) is 6.04 Å². The van der Waals surface area contributed by atoms with Gasteiger partial charge in [0.25, 0.3) is 30.0 Å². The molecule has 0 amide bonds. The molecule has 1 aliphatic heterocycles. The minimum atomic E-state index is -1.32. The highest BCUT2D eigenvalue weighted by Crippen LogP contribution is 2.04. The minimum Gasteiger partial charge on any atom is -0.425 e. The summed E-state index contributed by atoms with van der Waals surface area (Å²) in [6.45, 7) is 2.19. The van der Waals surface area contributed by atoms with Crippen LogP contribution in [0.4, 0.5) is 0 Å². The molecule has 0 spiro atoms. The summed E-state index contributed by atoms with van der Waals surface area (Å²) in [5.74, 6) is 0. The van der Waals surface area contributed by atoms with Gasteiger partial charge < -0.3 is 16.5 Å². The molecule has 1 rings (SSSR count). The van der Waals surface area contributed by atoms with Crippen molar-refractivity contribution in [2.75, 3.05) is 0 Å². The number of unbranched alkanes of at least 4 members (excludes halogenated alkanes) is 1. The molecule has 0 unspecified atom stereocenters. The second kappa shape index (κ2) is 7.14. The Morgan fingerprint density at radius 2 is 1.75 bits per heavy atom. The van der Waals surface area contributed by atoms with Crippen molar-refractivity contribution in [3.8, 4) is 0 Å².